The van der Waals surface area contributed by atoms with E-state index in [0.29, 0.717) is 55.3 Å². The third-order valence-corrected chi connectivity index (χ3v) is 6.77. The van der Waals surface area contributed by atoms with Gasteiger partial charge >= 0.3 is 6.03 Å². The van der Waals surface area contributed by atoms with Crippen LogP contribution in [-0.2, 0) is 12.8 Å². The first-order valence-corrected chi connectivity index (χ1v) is 12.7. The summed E-state index contributed by atoms with van der Waals surface area (Å²) in [7, 11) is 0. The summed E-state index contributed by atoms with van der Waals surface area (Å²) in [6, 6.07) is 9.51. The Morgan fingerprint density at radius 3 is 2.61 bits per heavy atom. The monoisotopic (exact) mass is 528 g/mol. The average molecular weight is 529 g/mol. The average Bonchev–Trinajstić information content (AvgIpc) is 2.95. The molecule has 192 valence electrons. The predicted octanol–water partition coefficient (Wildman–Crippen LogP) is 4.25. The predicted molar refractivity (Wildman–Crippen MR) is 147 cm³/mol. The number of rotatable bonds is 2. The summed E-state index contributed by atoms with van der Waals surface area (Å²) in [6.07, 6.45) is 10.0. The van der Waals surface area contributed by atoms with E-state index in [9.17, 15) is 4.79 Å². The number of amides is 2. The van der Waals surface area contributed by atoms with E-state index in [4.69, 9.17) is 11.6 Å². The molecule has 3 aromatic heterocycles. The third-order valence-electron chi connectivity index (χ3n) is 6.49. The Morgan fingerprint density at radius 2 is 1.76 bits per heavy atom. The lowest BCUT2D eigenvalue weighted by atomic mass is 10.0. The summed E-state index contributed by atoms with van der Waals surface area (Å²) in [5.74, 6) is 1.58. The van der Waals surface area contributed by atoms with E-state index >= 15 is 0 Å². The van der Waals surface area contributed by atoms with E-state index in [-0.39, 0.29) is 6.03 Å². The van der Waals surface area contributed by atoms with E-state index in [1.165, 1.54) is 0 Å². The van der Waals surface area contributed by atoms with Crippen molar-refractivity contribution in [3.63, 3.8) is 0 Å². The SMILES string of the molecule is O=C(Nc1ccc2cc1CCc1cncc(c1)Nc1ncc(Cl)c(n1)N2)N1CCN(c2ncccn2)CC1. The van der Waals surface area contributed by atoms with E-state index < -0.39 is 0 Å². The van der Waals surface area contributed by atoms with E-state index in [1.54, 1.807) is 30.9 Å². The van der Waals surface area contributed by atoms with Crippen LogP contribution < -0.4 is 20.9 Å². The molecule has 1 fully saturated rings. The molecule has 1 saturated heterocycles. The molecule has 11 nitrogen and oxygen atoms in total. The molecule has 4 aromatic rings. The van der Waals surface area contributed by atoms with Gasteiger partial charge in [0.2, 0.25) is 11.9 Å². The van der Waals surface area contributed by atoms with Crippen molar-refractivity contribution in [3.8, 4) is 0 Å². The zero-order chi connectivity index (χ0) is 25.9. The molecular formula is C26H25ClN10O. The molecule has 1 aromatic carbocycles. The van der Waals surface area contributed by atoms with Crippen LogP contribution in [0.25, 0.3) is 0 Å². The van der Waals surface area contributed by atoms with Gasteiger partial charge in [0.15, 0.2) is 5.82 Å². The molecule has 2 amide bonds. The molecule has 12 heteroatoms. The second kappa shape index (κ2) is 10.5. The second-order valence-electron chi connectivity index (χ2n) is 9.05. The number of aromatic nitrogens is 5. The van der Waals surface area contributed by atoms with Crippen molar-refractivity contribution in [3.05, 3.63) is 77.5 Å². The Balaban J connectivity index is 1.22. The molecule has 6 bridgehead atoms. The Labute approximate surface area is 224 Å². The van der Waals surface area contributed by atoms with Crippen molar-refractivity contribution in [2.45, 2.75) is 12.8 Å². The zero-order valence-electron chi connectivity index (χ0n) is 20.4. The smallest absolute Gasteiger partial charge is 0.321 e. The molecular weight excluding hydrogens is 504 g/mol. The lowest BCUT2D eigenvalue weighted by Crippen LogP contribution is -2.50. The number of aryl methyl sites for hydroxylation is 2. The quantitative estimate of drug-likeness (QED) is 0.350. The summed E-state index contributed by atoms with van der Waals surface area (Å²) in [6.45, 7) is 2.51. The molecule has 0 saturated carbocycles. The number of urea groups is 1. The highest BCUT2D eigenvalue weighted by Crippen LogP contribution is 2.29. The van der Waals surface area contributed by atoms with Crippen molar-refractivity contribution in [1.82, 2.24) is 29.8 Å². The standard InChI is InChI=1S/C26H25ClN10O/c27-21-16-31-24-33-20-12-17(14-28-15-20)2-3-18-13-19(32-23(21)35-24)4-5-22(18)34-26(38)37-10-8-36(9-11-37)25-29-6-1-7-30-25/h1,4-7,12-16H,2-3,8-11H2,(H,34,38)(H2,31,32,33,35). The molecule has 0 aliphatic carbocycles. The number of nitrogens with one attached hydrogen (secondary N) is 3. The maximum absolute atomic E-state index is 13.2. The number of piperazine rings is 1. The number of anilines is 6. The number of fused-ring (bicyclic) bond motifs is 6. The number of halogens is 1. The number of benzene rings is 1. The lowest BCUT2D eigenvalue weighted by Gasteiger charge is -2.34. The first kappa shape index (κ1) is 23.9. The highest BCUT2D eigenvalue weighted by Gasteiger charge is 2.23. The summed E-state index contributed by atoms with van der Waals surface area (Å²) in [4.78, 5) is 38.9. The van der Waals surface area contributed by atoms with Gasteiger partial charge in [-0.15, -0.1) is 0 Å². The van der Waals surface area contributed by atoms with Crippen molar-refractivity contribution in [2.24, 2.45) is 0 Å². The fourth-order valence-corrected chi connectivity index (χ4v) is 4.65. The molecule has 6 rings (SSSR count). The van der Waals surface area contributed by atoms with Crippen LogP contribution in [0, 0.1) is 0 Å². The van der Waals surface area contributed by atoms with Crippen LogP contribution in [0.4, 0.5) is 39.6 Å². The van der Waals surface area contributed by atoms with Gasteiger partial charge in [0.1, 0.15) is 5.02 Å². The summed E-state index contributed by atoms with van der Waals surface area (Å²) < 4.78 is 0. The third kappa shape index (κ3) is 5.28. The maximum Gasteiger partial charge on any atom is 0.321 e. The molecule has 0 unspecified atom stereocenters. The maximum atomic E-state index is 13.2. The normalized spacial score (nSPS) is 14.8. The van der Waals surface area contributed by atoms with Crippen molar-refractivity contribution >= 4 is 52.4 Å². The van der Waals surface area contributed by atoms with Crippen LogP contribution in [0.2, 0.25) is 5.02 Å². The van der Waals surface area contributed by atoms with Crippen molar-refractivity contribution < 1.29 is 4.79 Å². The van der Waals surface area contributed by atoms with Gasteiger partial charge in [-0.2, -0.15) is 4.98 Å². The molecule has 0 atom stereocenters. The van der Waals surface area contributed by atoms with Gasteiger partial charge in [0, 0.05) is 56.1 Å². The Kier molecular flexibility index (Phi) is 6.57. The van der Waals surface area contributed by atoms with Gasteiger partial charge < -0.3 is 25.8 Å². The van der Waals surface area contributed by atoms with Crippen LogP contribution in [-0.4, -0.2) is 62.0 Å². The Bertz CT molecular complexity index is 1460. The number of pyridine rings is 1. The van der Waals surface area contributed by atoms with Crippen LogP contribution >= 0.6 is 11.6 Å². The highest BCUT2D eigenvalue weighted by molar-refractivity contribution is 6.32. The first-order valence-electron chi connectivity index (χ1n) is 12.3. The van der Waals surface area contributed by atoms with Gasteiger partial charge in [-0.05, 0) is 54.3 Å². The molecule has 5 heterocycles. The number of nitrogens with zero attached hydrogens (tertiary/aromatic N) is 7. The van der Waals surface area contributed by atoms with Crippen LogP contribution in [0.1, 0.15) is 11.1 Å². The topological polar surface area (TPSA) is 124 Å². The van der Waals surface area contributed by atoms with Crippen molar-refractivity contribution in [2.75, 3.05) is 47.0 Å². The van der Waals surface area contributed by atoms with E-state index in [2.05, 4.69) is 45.8 Å². The minimum atomic E-state index is -0.130. The zero-order valence-corrected chi connectivity index (χ0v) is 21.2. The van der Waals surface area contributed by atoms with Gasteiger partial charge in [-0.1, -0.05) is 11.6 Å². The minimum Gasteiger partial charge on any atom is -0.339 e. The summed E-state index contributed by atoms with van der Waals surface area (Å²) in [5, 5.41) is 9.99. The Morgan fingerprint density at radius 1 is 0.921 bits per heavy atom. The fraction of sp³-hybridized carbons (Fsp3) is 0.231. The van der Waals surface area contributed by atoms with E-state index in [0.717, 1.165) is 34.6 Å². The number of hydrogen-bond donors (Lipinski definition) is 3. The molecule has 38 heavy (non-hydrogen) atoms. The first-order chi connectivity index (χ1) is 18.6. The minimum absolute atomic E-state index is 0.130. The molecule has 0 radical (unpaired) electrons. The molecule has 3 N–H and O–H groups in total. The van der Waals surface area contributed by atoms with Gasteiger partial charge in [0.05, 0.1) is 18.1 Å². The number of carbonyl (C=O) groups is 1. The largest absolute Gasteiger partial charge is 0.339 e. The Hall–Kier alpha value is -4.51. The van der Waals surface area contributed by atoms with Crippen molar-refractivity contribution in [1.29, 1.82) is 0 Å². The van der Waals surface area contributed by atoms with Crippen LogP contribution in [0.5, 0.6) is 0 Å². The van der Waals surface area contributed by atoms with Crippen LogP contribution in [0.3, 0.4) is 0 Å². The summed E-state index contributed by atoms with van der Waals surface area (Å²) >= 11 is 6.37. The number of carbonyl (C=O) groups excluding carboxylic acids is 1. The van der Waals surface area contributed by atoms with Gasteiger partial charge in [-0.3, -0.25) is 4.98 Å². The van der Waals surface area contributed by atoms with Gasteiger partial charge in [-0.25, -0.2) is 19.7 Å². The molecule has 0 spiro atoms. The lowest BCUT2D eigenvalue weighted by molar-refractivity contribution is 0.208. The highest BCUT2D eigenvalue weighted by atomic mass is 35.5. The molecule has 2 aliphatic rings. The van der Waals surface area contributed by atoms with Crippen LogP contribution in [0.15, 0.2) is 61.3 Å². The fourth-order valence-electron chi connectivity index (χ4n) is 4.51. The molecule has 2 aliphatic heterocycles. The summed E-state index contributed by atoms with van der Waals surface area (Å²) in [5.41, 5.74) is 4.40. The van der Waals surface area contributed by atoms with Gasteiger partial charge in [0.25, 0.3) is 0 Å². The second-order valence-corrected chi connectivity index (χ2v) is 9.45. The number of hydrogen-bond acceptors (Lipinski definition) is 9. The van der Waals surface area contributed by atoms with E-state index in [1.807, 2.05) is 35.4 Å².